The van der Waals surface area contributed by atoms with E-state index < -0.39 is 0 Å². The standard InChI is InChI=1S/C23H25ClN4O2S/c24-20-8-6-19(7-9-20)21-25-28(22(31)27(21)16-18-4-2-1-3-5-18)17-26-12-10-23(11-13-26)29-14-15-30-23/h1-9H,10-17H2/p+1. The van der Waals surface area contributed by atoms with Gasteiger partial charge in [-0.25, -0.2) is 0 Å². The molecule has 2 aliphatic rings. The third kappa shape index (κ3) is 4.47. The summed E-state index contributed by atoms with van der Waals surface area (Å²) in [6.45, 7) is 4.77. The highest BCUT2D eigenvalue weighted by Crippen LogP contribution is 2.27. The number of halogens is 1. The van der Waals surface area contributed by atoms with Crippen molar-refractivity contribution in [1.29, 1.82) is 0 Å². The Labute approximate surface area is 192 Å². The SMILES string of the molecule is S=c1n(C[NH+]2CCC3(CC2)OCCO3)nc(-c2ccc(Cl)cc2)n1Cc1ccccc1. The van der Waals surface area contributed by atoms with Gasteiger partial charge in [0, 0.05) is 10.6 Å². The van der Waals surface area contributed by atoms with Crippen molar-refractivity contribution in [3.05, 3.63) is 70.0 Å². The average molecular weight is 458 g/mol. The Morgan fingerprint density at radius 1 is 1.00 bits per heavy atom. The zero-order chi connectivity index (χ0) is 21.3. The number of nitrogens with one attached hydrogen (secondary N) is 1. The number of hydrogen-bond acceptors (Lipinski definition) is 4. The molecule has 3 aromatic rings. The summed E-state index contributed by atoms with van der Waals surface area (Å²) in [4.78, 5) is 1.44. The van der Waals surface area contributed by atoms with E-state index in [0.717, 1.165) is 48.8 Å². The van der Waals surface area contributed by atoms with Crippen LogP contribution in [0.1, 0.15) is 18.4 Å². The summed E-state index contributed by atoms with van der Waals surface area (Å²) in [5, 5.41) is 5.65. The fourth-order valence-corrected chi connectivity index (χ4v) is 4.79. The summed E-state index contributed by atoms with van der Waals surface area (Å²) in [7, 11) is 0. The van der Waals surface area contributed by atoms with Crippen molar-refractivity contribution in [1.82, 2.24) is 14.3 Å². The largest absolute Gasteiger partial charge is 0.347 e. The maximum Gasteiger partial charge on any atom is 0.203 e. The summed E-state index contributed by atoms with van der Waals surface area (Å²) in [5.74, 6) is 0.507. The molecule has 2 aromatic carbocycles. The highest BCUT2D eigenvalue weighted by atomic mass is 35.5. The van der Waals surface area contributed by atoms with Gasteiger partial charge in [-0.3, -0.25) is 4.57 Å². The number of hydrogen-bond donors (Lipinski definition) is 1. The maximum atomic E-state index is 6.11. The lowest BCUT2D eigenvalue weighted by Gasteiger charge is -2.34. The van der Waals surface area contributed by atoms with Crippen LogP contribution in [-0.2, 0) is 22.7 Å². The molecule has 31 heavy (non-hydrogen) atoms. The van der Waals surface area contributed by atoms with Crippen LogP contribution in [0.25, 0.3) is 11.4 Å². The summed E-state index contributed by atoms with van der Waals surface area (Å²) in [6, 6.07) is 18.1. The van der Waals surface area contributed by atoms with E-state index in [9.17, 15) is 0 Å². The number of ether oxygens (including phenoxy) is 2. The first-order valence-corrected chi connectivity index (χ1v) is 11.5. The lowest BCUT2D eigenvalue weighted by molar-refractivity contribution is -0.931. The number of rotatable bonds is 5. The molecule has 0 amide bonds. The Kier molecular flexibility index (Phi) is 5.95. The first kappa shape index (κ1) is 20.8. The Hall–Kier alpha value is -2.03. The minimum atomic E-state index is -0.355. The van der Waals surface area contributed by atoms with Gasteiger partial charge in [-0.05, 0) is 42.0 Å². The van der Waals surface area contributed by atoms with Gasteiger partial charge in [-0.1, -0.05) is 41.9 Å². The van der Waals surface area contributed by atoms with Crippen molar-refractivity contribution in [3.8, 4) is 11.4 Å². The van der Waals surface area contributed by atoms with Crippen LogP contribution in [0.3, 0.4) is 0 Å². The van der Waals surface area contributed by atoms with Crippen LogP contribution >= 0.6 is 23.8 Å². The second-order valence-corrected chi connectivity index (χ2v) is 9.00. The number of piperidine rings is 1. The third-order valence-electron chi connectivity index (χ3n) is 6.11. The van der Waals surface area contributed by atoms with Crippen molar-refractivity contribution in [2.24, 2.45) is 0 Å². The van der Waals surface area contributed by atoms with E-state index in [1.54, 1.807) is 0 Å². The third-order valence-corrected chi connectivity index (χ3v) is 6.80. The Balaban J connectivity index is 1.42. The second kappa shape index (κ2) is 8.84. The fourth-order valence-electron chi connectivity index (χ4n) is 4.41. The molecule has 1 spiro atoms. The van der Waals surface area contributed by atoms with Gasteiger partial charge in [-0.15, -0.1) is 5.10 Å². The molecular weight excluding hydrogens is 432 g/mol. The summed E-state index contributed by atoms with van der Waals surface area (Å²) >= 11 is 12.0. The van der Waals surface area contributed by atoms with Crippen molar-refractivity contribution in [2.75, 3.05) is 26.3 Å². The van der Waals surface area contributed by atoms with Gasteiger partial charge >= 0.3 is 0 Å². The van der Waals surface area contributed by atoms with E-state index in [0.29, 0.717) is 24.8 Å². The molecule has 2 fully saturated rings. The number of quaternary nitrogens is 1. The van der Waals surface area contributed by atoms with Crippen LogP contribution in [0.5, 0.6) is 0 Å². The lowest BCUT2D eigenvalue weighted by atomic mass is 10.0. The van der Waals surface area contributed by atoms with Crippen LogP contribution in [0.4, 0.5) is 0 Å². The molecule has 6 nitrogen and oxygen atoms in total. The number of likely N-dealkylation sites (tertiary alicyclic amines) is 1. The van der Waals surface area contributed by atoms with Crippen molar-refractivity contribution in [2.45, 2.75) is 31.8 Å². The van der Waals surface area contributed by atoms with Crippen LogP contribution in [-0.4, -0.2) is 46.4 Å². The molecule has 1 aromatic heterocycles. The Bertz CT molecular complexity index is 1080. The number of benzene rings is 2. The molecule has 5 rings (SSSR count). The van der Waals surface area contributed by atoms with E-state index >= 15 is 0 Å². The monoisotopic (exact) mass is 457 g/mol. The minimum Gasteiger partial charge on any atom is -0.347 e. The molecule has 1 N–H and O–H groups in total. The van der Waals surface area contributed by atoms with E-state index in [-0.39, 0.29) is 5.79 Å². The lowest BCUT2D eigenvalue weighted by Crippen LogP contribution is -3.13. The normalized spacial score (nSPS) is 18.6. The summed E-state index contributed by atoms with van der Waals surface area (Å²) in [5.41, 5.74) is 2.20. The van der Waals surface area contributed by atoms with Gasteiger partial charge in [0.15, 0.2) is 18.3 Å². The van der Waals surface area contributed by atoms with Crippen LogP contribution in [0, 0.1) is 4.77 Å². The number of aromatic nitrogens is 3. The summed E-state index contributed by atoms with van der Waals surface area (Å²) in [6.07, 6.45) is 1.81. The van der Waals surface area contributed by atoms with Crippen LogP contribution in [0.2, 0.25) is 5.02 Å². The molecular formula is C23H26ClN4O2S+. The topological polar surface area (TPSA) is 45.6 Å². The molecule has 162 valence electrons. The van der Waals surface area contributed by atoms with Crippen molar-refractivity contribution < 1.29 is 14.4 Å². The van der Waals surface area contributed by atoms with Gasteiger partial charge in [0.1, 0.15) is 0 Å². The summed E-state index contributed by atoms with van der Waals surface area (Å²) < 4.78 is 16.5. The van der Waals surface area contributed by atoms with Crippen molar-refractivity contribution in [3.63, 3.8) is 0 Å². The van der Waals surface area contributed by atoms with E-state index in [4.69, 9.17) is 38.4 Å². The van der Waals surface area contributed by atoms with Crippen LogP contribution < -0.4 is 4.90 Å². The second-order valence-electron chi connectivity index (χ2n) is 8.20. The molecule has 3 heterocycles. The minimum absolute atomic E-state index is 0.355. The smallest absolute Gasteiger partial charge is 0.203 e. The predicted molar refractivity (Wildman–Crippen MR) is 122 cm³/mol. The molecule has 0 atom stereocenters. The predicted octanol–water partition coefficient (Wildman–Crippen LogP) is 3.16. The molecule has 0 unspecified atom stereocenters. The van der Waals surface area contributed by atoms with Crippen LogP contribution in [0.15, 0.2) is 54.6 Å². The highest BCUT2D eigenvalue weighted by molar-refractivity contribution is 7.71. The Morgan fingerprint density at radius 3 is 2.35 bits per heavy atom. The molecule has 2 aliphatic heterocycles. The van der Waals surface area contributed by atoms with Gasteiger partial charge in [0.05, 0.1) is 45.7 Å². The molecule has 0 radical (unpaired) electrons. The first-order valence-electron chi connectivity index (χ1n) is 10.7. The molecule has 2 saturated heterocycles. The molecule has 8 heteroatoms. The highest BCUT2D eigenvalue weighted by Gasteiger charge is 2.41. The molecule has 0 bridgehead atoms. The fraction of sp³-hybridized carbons (Fsp3) is 0.391. The Morgan fingerprint density at radius 2 is 1.68 bits per heavy atom. The van der Waals surface area contributed by atoms with Gasteiger partial charge in [0.2, 0.25) is 4.77 Å². The zero-order valence-electron chi connectivity index (χ0n) is 17.3. The number of nitrogens with zero attached hydrogens (tertiary/aromatic N) is 3. The van der Waals surface area contributed by atoms with Gasteiger partial charge in [0.25, 0.3) is 0 Å². The molecule has 0 aliphatic carbocycles. The van der Waals surface area contributed by atoms with E-state index in [1.807, 2.05) is 47.1 Å². The van der Waals surface area contributed by atoms with Crippen molar-refractivity contribution >= 4 is 23.8 Å². The zero-order valence-corrected chi connectivity index (χ0v) is 18.9. The maximum absolute atomic E-state index is 6.11. The molecule has 0 saturated carbocycles. The van der Waals surface area contributed by atoms with Gasteiger partial charge in [-0.2, -0.15) is 4.68 Å². The quantitative estimate of drug-likeness (QED) is 0.598. The van der Waals surface area contributed by atoms with Gasteiger partial charge < -0.3 is 14.4 Å². The van der Waals surface area contributed by atoms with E-state index in [1.165, 1.54) is 10.5 Å². The average Bonchev–Trinajstić information content (AvgIpc) is 3.37. The first-order chi connectivity index (χ1) is 15.1. The van der Waals surface area contributed by atoms with E-state index in [2.05, 4.69) is 16.7 Å².